The van der Waals surface area contributed by atoms with Crippen LogP contribution in [0.3, 0.4) is 0 Å². The van der Waals surface area contributed by atoms with Gasteiger partial charge in [0.1, 0.15) is 0 Å². The van der Waals surface area contributed by atoms with Gasteiger partial charge in [0.05, 0.1) is 5.41 Å². The van der Waals surface area contributed by atoms with Crippen molar-refractivity contribution in [1.82, 2.24) is 10.6 Å². The summed E-state index contributed by atoms with van der Waals surface area (Å²) in [5.41, 5.74) is 1.47. The van der Waals surface area contributed by atoms with Gasteiger partial charge in [0.2, 0.25) is 11.8 Å². The molecule has 1 saturated heterocycles. The smallest absolute Gasteiger partial charge is 0.227 e. The van der Waals surface area contributed by atoms with Crippen molar-refractivity contribution < 1.29 is 9.59 Å². The van der Waals surface area contributed by atoms with E-state index in [2.05, 4.69) is 16.0 Å². The van der Waals surface area contributed by atoms with Gasteiger partial charge in [-0.05, 0) is 44.0 Å². The molecule has 1 aromatic carbocycles. The summed E-state index contributed by atoms with van der Waals surface area (Å²) < 4.78 is 0. The van der Waals surface area contributed by atoms with Crippen LogP contribution in [0, 0.1) is 5.41 Å². The fourth-order valence-corrected chi connectivity index (χ4v) is 2.55. The van der Waals surface area contributed by atoms with E-state index in [9.17, 15) is 9.59 Å². The van der Waals surface area contributed by atoms with E-state index >= 15 is 0 Å². The third kappa shape index (κ3) is 4.29. The molecule has 1 fully saturated rings. The van der Waals surface area contributed by atoms with Crippen LogP contribution in [0.5, 0.6) is 0 Å². The molecule has 0 radical (unpaired) electrons. The van der Waals surface area contributed by atoms with Crippen LogP contribution in [-0.2, 0) is 16.1 Å². The van der Waals surface area contributed by atoms with Crippen LogP contribution in [0.25, 0.3) is 0 Å². The highest BCUT2D eigenvalue weighted by Gasteiger charge is 2.34. The molecule has 1 unspecified atom stereocenters. The average Bonchev–Trinajstić information content (AvgIpc) is 2.46. The molecule has 2 amide bonds. The lowest BCUT2D eigenvalue weighted by Gasteiger charge is -2.32. The first kappa shape index (κ1) is 15.5. The molecular weight excluding hydrogens is 266 g/mol. The normalized spacial score (nSPS) is 21.6. The van der Waals surface area contributed by atoms with E-state index in [0.717, 1.165) is 37.2 Å². The zero-order valence-corrected chi connectivity index (χ0v) is 12.7. The molecule has 0 saturated carbocycles. The summed E-state index contributed by atoms with van der Waals surface area (Å²) in [6, 6.07) is 7.50. The average molecular weight is 289 g/mol. The van der Waals surface area contributed by atoms with Gasteiger partial charge in [0, 0.05) is 25.7 Å². The summed E-state index contributed by atoms with van der Waals surface area (Å²) in [6.45, 7) is 5.73. The van der Waals surface area contributed by atoms with Crippen molar-refractivity contribution in [2.24, 2.45) is 5.41 Å². The molecule has 5 heteroatoms. The Morgan fingerprint density at radius 3 is 2.57 bits per heavy atom. The van der Waals surface area contributed by atoms with Crippen LogP contribution in [0.15, 0.2) is 24.3 Å². The molecule has 3 N–H and O–H groups in total. The van der Waals surface area contributed by atoms with Gasteiger partial charge in [-0.1, -0.05) is 12.1 Å². The zero-order valence-electron chi connectivity index (χ0n) is 12.7. The molecule has 1 heterocycles. The van der Waals surface area contributed by atoms with Gasteiger partial charge in [-0.2, -0.15) is 0 Å². The second-order valence-corrected chi connectivity index (χ2v) is 5.90. The fraction of sp³-hybridized carbons (Fsp3) is 0.500. The Labute approximate surface area is 125 Å². The van der Waals surface area contributed by atoms with Gasteiger partial charge in [-0.25, -0.2) is 0 Å². The van der Waals surface area contributed by atoms with E-state index in [4.69, 9.17) is 0 Å². The van der Waals surface area contributed by atoms with E-state index in [1.54, 1.807) is 0 Å². The van der Waals surface area contributed by atoms with Crippen molar-refractivity contribution in [3.63, 3.8) is 0 Å². The zero-order chi connectivity index (χ0) is 15.3. The van der Waals surface area contributed by atoms with Crippen molar-refractivity contribution >= 4 is 17.5 Å². The number of rotatable bonds is 4. The number of hydrogen-bond acceptors (Lipinski definition) is 3. The van der Waals surface area contributed by atoms with Crippen molar-refractivity contribution in [2.75, 3.05) is 18.4 Å². The molecule has 0 bridgehead atoms. The topological polar surface area (TPSA) is 70.2 Å². The number of nitrogens with one attached hydrogen (secondary N) is 3. The molecule has 0 aromatic heterocycles. The van der Waals surface area contributed by atoms with Gasteiger partial charge >= 0.3 is 0 Å². The maximum atomic E-state index is 12.3. The maximum absolute atomic E-state index is 12.3. The third-order valence-electron chi connectivity index (χ3n) is 3.87. The van der Waals surface area contributed by atoms with Crippen LogP contribution in [0.4, 0.5) is 5.69 Å². The van der Waals surface area contributed by atoms with E-state index in [1.807, 2.05) is 31.2 Å². The largest absolute Gasteiger partial charge is 0.352 e. The Hall–Kier alpha value is -1.88. The minimum Gasteiger partial charge on any atom is -0.352 e. The van der Waals surface area contributed by atoms with Crippen molar-refractivity contribution in [3.8, 4) is 0 Å². The first-order valence-corrected chi connectivity index (χ1v) is 7.35. The van der Waals surface area contributed by atoms with Crippen LogP contribution >= 0.6 is 0 Å². The first-order valence-electron chi connectivity index (χ1n) is 7.35. The highest BCUT2D eigenvalue weighted by atomic mass is 16.2. The van der Waals surface area contributed by atoms with Crippen molar-refractivity contribution in [3.05, 3.63) is 29.8 Å². The summed E-state index contributed by atoms with van der Waals surface area (Å²) in [4.78, 5) is 23.2. The van der Waals surface area contributed by atoms with Gasteiger partial charge < -0.3 is 16.0 Å². The summed E-state index contributed by atoms with van der Waals surface area (Å²) in [5, 5.41) is 9.00. The van der Waals surface area contributed by atoms with E-state index < -0.39 is 0 Å². The summed E-state index contributed by atoms with van der Waals surface area (Å²) in [6.07, 6.45) is 1.96. The number of carbonyl (C=O) groups excluding carboxylic acids is 2. The van der Waals surface area contributed by atoms with Crippen LogP contribution in [0.2, 0.25) is 0 Å². The van der Waals surface area contributed by atoms with Crippen LogP contribution in [0.1, 0.15) is 32.3 Å². The molecule has 0 aliphatic carbocycles. The fourth-order valence-electron chi connectivity index (χ4n) is 2.55. The Morgan fingerprint density at radius 1 is 1.29 bits per heavy atom. The van der Waals surface area contributed by atoms with Crippen molar-refractivity contribution in [2.45, 2.75) is 33.2 Å². The number of anilines is 1. The molecule has 1 atom stereocenters. The van der Waals surface area contributed by atoms with Crippen LogP contribution < -0.4 is 16.0 Å². The molecular formula is C16H23N3O2. The third-order valence-corrected chi connectivity index (χ3v) is 3.87. The van der Waals surface area contributed by atoms with Gasteiger partial charge in [0.15, 0.2) is 0 Å². The lowest BCUT2D eigenvalue weighted by molar-refractivity contribution is -0.131. The van der Waals surface area contributed by atoms with Gasteiger partial charge in [0.25, 0.3) is 0 Å². The Kier molecular flexibility index (Phi) is 4.96. The highest BCUT2D eigenvalue weighted by Crippen LogP contribution is 2.25. The monoisotopic (exact) mass is 289 g/mol. The summed E-state index contributed by atoms with van der Waals surface area (Å²) in [7, 11) is 0. The van der Waals surface area contributed by atoms with Gasteiger partial charge in [-0.3, -0.25) is 9.59 Å². The molecule has 1 aromatic rings. The minimum absolute atomic E-state index is 0.0891. The van der Waals surface area contributed by atoms with E-state index in [-0.39, 0.29) is 17.2 Å². The van der Waals surface area contributed by atoms with Crippen LogP contribution in [-0.4, -0.2) is 24.9 Å². The predicted molar refractivity (Wildman–Crippen MR) is 82.8 cm³/mol. The number of benzene rings is 1. The Morgan fingerprint density at radius 2 is 2.00 bits per heavy atom. The Balaban J connectivity index is 1.87. The highest BCUT2D eigenvalue weighted by molar-refractivity contribution is 5.88. The molecule has 0 spiro atoms. The molecule has 2 rings (SSSR count). The maximum Gasteiger partial charge on any atom is 0.227 e. The standard InChI is InChI=1S/C16H23N3O2/c1-12(20)19-14-6-4-13(5-7-14)10-18-15(21)16(2)8-3-9-17-11-16/h4-7,17H,3,8-11H2,1-2H3,(H,18,21)(H,19,20). The summed E-state index contributed by atoms with van der Waals surface area (Å²) >= 11 is 0. The summed E-state index contributed by atoms with van der Waals surface area (Å²) in [5.74, 6) is 0.00872. The second kappa shape index (κ2) is 6.72. The molecule has 1 aliphatic heterocycles. The molecule has 114 valence electrons. The lowest BCUT2D eigenvalue weighted by Crippen LogP contribution is -2.48. The second-order valence-electron chi connectivity index (χ2n) is 5.90. The number of piperidine rings is 1. The minimum atomic E-state index is -0.311. The molecule has 5 nitrogen and oxygen atoms in total. The molecule has 21 heavy (non-hydrogen) atoms. The Bertz CT molecular complexity index is 505. The predicted octanol–water partition coefficient (Wildman–Crippen LogP) is 1.65. The van der Waals surface area contributed by atoms with E-state index in [0.29, 0.717) is 6.54 Å². The number of hydrogen-bond donors (Lipinski definition) is 3. The SMILES string of the molecule is CC(=O)Nc1ccc(CNC(=O)C2(C)CCCNC2)cc1. The lowest BCUT2D eigenvalue weighted by atomic mass is 9.82. The molecule has 1 aliphatic rings. The number of amides is 2. The first-order chi connectivity index (χ1) is 9.99. The van der Waals surface area contributed by atoms with Gasteiger partial charge in [-0.15, -0.1) is 0 Å². The quantitative estimate of drug-likeness (QED) is 0.789. The van der Waals surface area contributed by atoms with E-state index in [1.165, 1.54) is 6.92 Å². The van der Waals surface area contributed by atoms with Crippen molar-refractivity contribution in [1.29, 1.82) is 0 Å². The number of carbonyl (C=O) groups is 2.